The number of hydrogen-bond acceptors (Lipinski definition) is 5. The molecule has 0 saturated carbocycles. The zero-order valence-electron chi connectivity index (χ0n) is 10.4. The minimum absolute atomic E-state index is 0.00802. The number of thiazole rings is 1. The molecule has 0 spiro atoms. The molecule has 0 aromatic carbocycles. The van der Waals surface area contributed by atoms with Crippen molar-refractivity contribution < 1.29 is 19.8 Å². The number of carboxylic acids is 1. The van der Waals surface area contributed by atoms with E-state index < -0.39 is 18.0 Å². The first-order valence-corrected chi connectivity index (χ1v) is 6.30. The van der Waals surface area contributed by atoms with Crippen LogP contribution in [0.15, 0.2) is 0 Å². The first-order valence-electron chi connectivity index (χ1n) is 5.48. The Morgan fingerprint density at radius 1 is 1.44 bits per heavy atom. The molecule has 0 aliphatic rings. The molecule has 1 heterocycles. The number of aryl methyl sites for hydroxylation is 1. The summed E-state index contributed by atoms with van der Waals surface area (Å²) in [5.41, 5.74) is 0.00802. The Balaban J connectivity index is 2.62. The third-order valence-electron chi connectivity index (χ3n) is 2.36. The van der Waals surface area contributed by atoms with E-state index in [2.05, 4.69) is 10.3 Å². The number of nitrogens with one attached hydrogen (secondary N) is 1. The molecule has 0 bridgehead atoms. The monoisotopic (exact) mass is 272 g/mol. The van der Waals surface area contributed by atoms with Gasteiger partial charge in [-0.15, -0.1) is 11.3 Å². The lowest BCUT2D eigenvalue weighted by Crippen LogP contribution is -2.37. The summed E-state index contributed by atoms with van der Waals surface area (Å²) in [7, 11) is 0. The van der Waals surface area contributed by atoms with E-state index in [0.29, 0.717) is 9.88 Å². The quantitative estimate of drug-likeness (QED) is 0.735. The zero-order valence-corrected chi connectivity index (χ0v) is 11.2. The number of carboxylic acid groups (broad SMARTS) is 1. The Morgan fingerprint density at radius 2 is 2.06 bits per heavy atom. The highest BCUT2D eigenvalue weighted by atomic mass is 32.1. The summed E-state index contributed by atoms with van der Waals surface area (Å²) >= 11 is 1.22. The molecular formula is C11H16N2O4S. The molecule has 1 rings (SSSR count). The fraction of sp³-hybridized carbons (Fsp3) is 0.545. The third-order valence-corrected chi connectivity index (χ3v) is 3.33. The smallest absolute Gasteiger partial charge is 0.355 e. The van der Waals surface area contributed by atoms with E-state index in [1.165, 1.54) is 11.3 Å². The van der Waals surface area contributed by atoms with E-state index in [-0.39, 0.29) is 18.2 Å². The van der Waals surface area contributed by atoms with Crippen molar-refractivity contribution in [2.24, 2.45) is 5.92 Å². The Morgan fingerprint density at radius 3 is 2.50 bits per heavy atom. The van der Waals surface area contributed by atoms with Gasteiger partial charge in [0.05, 0.1) is 6.54 Å². The van der Waals surface area contributed by atoms with Gasteiger partial charge >= 0.3 is 5.97 Å². The van der Waals surface area contributed by atoms with Crippen LogP contribution < -0.4 is 5.32 Å². The van der Waals surface area contributed by atoms with Crippen molar-refractivity contribution in [3.8, 4) is 0 Å². The highest BCUT2D eigenvalue weighted by Gasteiger charge is 2.19. The standard InChI is InChI=1S/C11H16N2O4S/c1-5(2)9(14)10(15)12-4-7-13-8(11(16)17)6(3)18-7/h5,9,14H,4H2,1-3H3,(H,12,15)(H,16,17)/t9-/m1/s1. The maximum atomic E-state index is 11.5. The van der Waals surface area contributed by atoms with E-state index in [4.69, 9.17) is 5.11 Å². The van der Waals surface area contributed by atoms with Crippen LogP contribution in [0.25, 0.3) is 0 Å². The number of aliphatic hydroxyl groups is 1. The van der Waals surface area contributed by atoms with Crippen molar-refractivity contribution in [1.82, 2.24) is 10.3 Å². The van der Waals surface area contributed by atoms with E-state index >= 15 is 0 Å². The fourth-order valence-electron chi connectivity index (χ4n) is 1.30. The molecule has 0 fully saturated rings. The number of amides is 1. The van der Waals surface area contributed by atoms with Crippen LogP contribution in [0.5, 0.6) is 0 Å². The molecule has 6 nitrogen and oxygen atoms in total. The molecule has 1 amide bonds. The summed E-state index contributed by atoms with van der Waals surface area (Å²) in [4.78, 5) is 26.8. The summed E-state index contributed by atoms with van der Waals surface area (Å²) in [6.45, 7) is 5.26. The molecule has 0 radical (unpaired) electrons. The number of hydrogen-bond donors (Lipinski definition) is 3. The predicted molar refractivity (Wildman–Crippen MR) is 66.5 cm³/mol. The zero-order chi connectivity index (χ0) is 13.9. The van der Waals surface area contributed by atoms with E-state index in [1.54, 1.807) is 20.8 Å². The second-order valence-corrected chi connectivity index (χ2v) is 5.51. The molecule has 1 aromatic rings. The van der Waals surface area contributed by atoms with Gasteiger partial charge in [0.25, 0.3) is 0 Å². The van der Waals surface area contributed by atoms with Crippen LogP contribution in [0.1, 0.15) is 34.2 Å². The van der Waals surface area contributed by atoms with Crippen LogP contribution in [0, 0.1) is 12.8 Å². The van der Waals surface area contributed by atoms with Crippen LogP contribution in [-0.2, 0) is 11.3 Å². The highest BCUT2D eigenvalue weighted by Crippen LogP contribution is 2.17. The molecule has 0 saturated heterocycles. The van der Waals surface area contributed by atoms with Crippen molar-refractivity contribution >= 4 is 23.2 Å². The van der Waals surface area contributed by atoms with Gasteiger partial charge in [-0.1, -0.05) is 13.8 Å². The molecule has 0 aliphatic carbocycles. The SMILES string of the molecule is Cc1sc(CNC(=O)[C@H](O)C(C)C)nc1C(=O)O. The number of nitrogens with zero attached hydrogens (tertiary/aromatic N) is 1. The molecular weight excluding hydrogens is 256 g/mol. The number of carbonyl (C=O) groups is 2. The minimum Gasteiger partial charge on any atom is -0.476 e. The van der Waals surface area contributed by atoms with Gasteiger partial charge in [-0.2, -0.15) is 0 Å². The van der Waals surface area contributed by atoms with Crippen molar-refractivity contribution in [2.45, 2.75) is 33.4 Å². The van der Waals surface area contributed by atoms with E-state index in [9.17, 15) is 14.7 Å². The van der Waals surface area contributed by atoms with Gasteiger partial charge < -0.3 is 15.5 Å². The number of aromatic carboxylic acids is 1. The first kappa shape index (κ1) is 14.6. The molecule has 3 N–H and O–H groups in total. The third kappa shape index (κ3) is 3.51. The van der Waals surface area contributed by atoms with Gasteiger partial charge in [0.15, 0.2) is 5.69 Å². The molecule has 100 valence electrons. The maximum Gasteiger partial charge on any atom is 0.355 e. The molecule has 7 heteroatoms. The second kappa shape index (κ2) is 5.92. The second-order valence-electron chi connectivity index (χ2n) is 4.22. The lowest BCUT2D eigenvalue weighted by Gasteiger charge is -2.13. The Bertz CT molecular complexity index is 456. The number of rotatable bonds is 5. The summed E-state index contributed by atoms with van der Waals surface area (Å²) in [6, 6.07) is 0. The van der Waals surface area contributed by atoms with E-state index in [0.717, 1.165) is 0 Å². The maximum absolute atomic E-state index is 11.5. The average molecular weight is 272 g/mol. The summed E-state index contributed by atoms with van der Waals surface area (Å²) in [6.07, 6.45) is -1.06. The lowest BCUT2D eigenvalue weighted by molar-refractivity contribution is -0.131. The van der Waals surface area contributed by atoms with Gasteiger partial charge in [-0.3, -0.25) is 4.79 Å². The lowest BCUT2D eigenvalue weighted by atomic mass is 10.1. The van der Waals surface area contributed by atoms with Crippen LogP contribution in [0.2, 0.25) is 0 Å². The Kier molecular flexibility index (Phi) is 4.80. The summed E-state index contributed by atoms with van der Waals surface area (Å²) in [5, 5.41) is 21.4. The van der Waals surface area contributed by atoms with Gasteiger partial charge in [0, 0.05) is 4.88 Å². The largest absolute Gasteiger partial charge is 0.476 e. The Labute approximate surface area is 109 Å². The fourth-order valence-corrected chi connectivity index (χ4v) is 2.16. The summed E-state index contributed by atoms with van der Waals surface area (Å²) in [5.74, 6) is -1.73. The van der Waals surface area contributed by atoms with Crippen molar-refractivity contribution in [1.29, 1.82) is 0 Å². The van der Waals surface area contributed by atoms with Gasteiger partial charge in [-0.25, -0.2) is 9.78 Å². The molecule has 1 aromatic heterocycles. The molecule has 1 atom stereocenters. The number of carbonyl (C=O) groups excluding carboxylic acids is 1. The molecule has 0 aliphatic heterocycles. The molecule has 0 unspecified atom stereocenters. The van der Waals surface area contributed by atoms with E-state index in [1.807, 2.05) is 0 Å². The van der Waals surface area contributed by atoms with Gasteiger partial charge in [0.2, 0.25) is 5.91 Å². The minimum atomic E-state index is -1.08. The van der Waals surface area contributed by atoms with Crippen molar-refractivity contribution in [3.05, 3.63) is 15.6 Å². The normalized spacial score (nSPS) is 12.5. The van der Waals surface area contributed by atoms with Crippen LogP contribution in [0.3, 0.4) is 0 Å². The van der Waals surface area contributed by atoms with Crippen LogP contribution >= 0.6 is 11.3 Å². The first-order chi connectivity index (χ1) is 8.32. The number of aromatic nitrogens is 1. The van der Waals surface area contributed by atoms with Crippen molar-refractivity contribution in [2.75, 3.05) is 0 Å². The summed E-state index contributed by atoms with van der Waals surface area (Å²) < 4.78 is 0. The molecule has 18 heavy (non-hydrogen) atoms. The number of aliphatic hydroxyl groups excluding tert-OH is 1. The predicted octanol–water partition coefficient (Wildman–Crippen LogP) is 0.783. The highest BCUT2D eigenvalue weighted by molar-refractivity contribution is 7.11. The van der Waals surface area contributed by atoms with Gasteiger partial charge in [0.1, 0.15) is 11.1 Å². The van der Waals surface area contributed by atoms with Crippen LogP contribution in [-0.4, -0.2) is 33.2 Å². The van der Waals surface area contributed by atoms with Gasteiger partial charge in [-0.05, 0) is 12.8 Å². The topological polar surface area (TPSA) is 99.5 Å². The van der Waals surface area contributed by atoms with Crippen LogP contribution in [0.4, 0.5) is 0 Å². The van der Waals surface area contributed by atoms with Crippen molar-refractivity contribution in [3.63, 3.8) is 0 Å². The Hall–Kier alpha value is -1.47. The average Bonchev–Trinajstić information content (AvgIpc) is 2.66.